The molecule has 1 fully saturated rings. The van der Waals surface area contributed by atoms with Crippen molar-refractivity contribution in [3.63, 3.8) is 0 Å². The summed E-state index contributed by atoms with van der Waals surface area (Å²) in [5.74, 6) is 0.673. The van der Waals surface area contributed by atoms with E-state index in [0.29, 0.717) is 6.54 Å². The molecule has 0 amide bonds. The summed E-state index contributed by atoms with van der Waals surface area (Å²) in [4.78, 5) is 7.02. The number of ether oxygens (including phenoxy) is 1. The van der Waals surface area contributed by atoms with E-state index in [1.165, 1.54) is 12.1 Å². The number of aryl methyl sites for hydroxylation is 1. The number of benzene rings is 1. The Hall–Kier alpha value is -1.68. The van der Waals surface area contributed by atoms with Crippen molar-refractivity contribution in [2.24, 2.45) is 4.99 Å². The minimum Gasteiger partial charge on any atom is -0.367 e. The summed E-state index contributed by atoms with van der Waals surface area (Å²) < 4.78 is 21.2. The van der Waals surface area contributed by atoms with Gasteiger partial charge in [0.25, 0.3) is 0 Å². The van der Waals surface area contributed by atoms with Gasteiger partial charge in [-0.3, -0.25) is 9.67 Å². The normalized spacial score (nSPS) is 20.0. The third-order valence-electron chi connectivity index (χ3n) is 4.50. The van der Waals surface area contributed by atoms with E-state index in [9.17, 15) is 4.39 Å². The highest BCUT2D eigenvalue weighted by atomic mass is 127. The maximum Gasteiger partial charge on any atom is 0.194 e. The van der Waals surface area contributed by atoms with E-state index in [1.807, 2.05) is 16.9 Å². The zero-order chi connectivity index (χ0) is 19.1. The third kappa shape index (κ3) is 6.44. The molecule has 1 aromatic heterocycles. The Kier molecular flexibility index (Phi) is 9.17. The largest absolute Gasteiger partial charge is 0.367 e. The molecule has 2 unspecified atom stereocenters. The van der Waals surface area contributed by atoms with Crippen LogP contribution in [0.1, 0.15) is 31.9 Å². The molecule has 1 aliphatic rings. The van der Waals surface area contributed by atoms with Crippen LogP contribution in [0.5, 0.6) is 0 Å². The van der Waals surface area contributed by atoms with Crippen LogP contribution in [-0.2, 0) is 11.3 Å². The van der Waals surface area contributed by atoms with Crippen LogP contribution >= 0.6 is 24.0 Å². The number of morpholine rings is 1. The lowest BCUT2D eigenvalue weighted by atomic mass is 10.1. The number of nitrogens with zero attached hydrogens (tertiary/aromatic N) is 4. The van der Waals surface area contributed by atoms with Crippen molar-refractivity contribution in [1.82, 2.24) is 20.0 Å². The standard InChI is InChI=1S/C20H28FN5O.HI/c1-3-22-20(23-10-4-12-26-13-5-11-24-26)25-14-16(2)27-19(15-25)17-6-8-18(21)9-7-17;/h5-9,11,13,16,19H,3-4,10,12,14-15H2,1-2H3,(H,22,23);1H. The molecule has 1 N–H and O–H groups in total. The molecule has 2 aromatic rings. The molecule has 1 aliphatic heterocycles. The van der Waals surface area contributed by atoms with Crippen LogP contribution in [0.4, 0.5) is 4.39 Å². The predicted octanol–water partition coefficient (Wildman–Crippen LogP) is 3.46. The highest BCUT2D eigenvalue weighted by Crippen LogP contribution is 2.25. The number of halogens is 2. The van der Waals surface area contributed by atoms with Crippen molar-refractivity contribution in [2.45, 2.75) is 39.0 Å². The number of aliphatic imine (C=N–C) groups is 1. The molecule has 3 rings (SSSR count). The molecular weight excluding hydrogens is 472 g/mol. The van der Waals surface area contributed by atoms with E-state index < -0.39 is 0 Å². The maximum atomic E-state index is 13.2. The van der Waals surface area contributed by atoms with Gasteiger partial charge in [-0.2, -0.15) is 5.10 Å². The average molecular weight is 501 g/mol. The molecule has 0 aliphatic carbocycles. The average Bonchev–Trinajstić information content (AvgIpc) is 3.18. The molecule has 1 saturated heterocycles. The van der Waals surface area contributed by atoms with Crippen molar-refractivity contribution < 1.29 is 9.13 Å². The van der Waals surface area contributed by atoms with Crippen molar-refractivity contribution in [3.05, 3.63) is 54.1 Å². The molecule has 0 saturated carbocycles. The molecule has 154 valence electrons. The number of hydrogen-bond acceptors (Lipinski definition) is 3. The molecule has 2 atom stereocenters. The second-order valence-electron chi connectivity index (χ2n) is 6.75. The van der Waals surface area contributed by atoms with Gasteiger partial charge in [0.1, 0.15) is 11.9 Å². The highest BCUT2D eigenvalue weighted by Gasteiger charge is 2.28. The summed E-state index contributed by atoms with van der Waals surface area (Å²) in [5.41, 5.74) is 0.988. The monoisotopic (exact) mass is 501 g/mol. The van der Waals surface area contributed by atoms with Gasteiger partial charge in [-0.25, -0.2) is 4.39 Å². The maximum absolute atomic E-state index is 13.2. The van der Waals surface area contributed by atoms with Crippen LogP contribution in [0.2, 0.25) is 0 Å². The van der Waals surface area contributed by atoms with Gasteiger partial charge in [0.15, 0.2) is 5.96 Å². The quantitative estimate of drug-likeness (QED) is 0.285. The summed E-state index contributed by atoms with van der Waals surface area (Å²) in [6.45, 7) is 8.00. The third-order valence-corrected chi connectivity index (χ3v) is 4.50. The Labute approximate surface area is 183 Å². The van der Waals surface area contributed by atoms with Crippen molar-refractivity contribution >= 4 is 29.9 Å². The first kappa shape index (κ1) is 22.6. The lowest BCUT2D eigenvalue weighted by molar-refractivity contribution is -0.0605. The van der Waals surface area contributed by atoms with Gasteiger partial charge in [0.2, 0.25) is 0 Å². The van der Waals surface area contributed by atoms with Gasteiger partial charge in [-0.1, -0.05) is 12.1 Å². The Morgan fingerprint density at radius 2 is 2.11 bits per heavy atom. The Balaban J connectivity index is 0.00000280. The Morgan fingerprint density at radius 3 is 2.79 bits per heavy atom. The second kappa shape index (κ2) is 11.4. The molecule has 0 bridgehead atoms. The predicted molar refractivity (Wildman–Crippen MR) is 119 cm³/mol. The van der Waals surface area contributed by atoms with Crippen LogP contribution in [0.15, 0.2) is 47.7 Å². The lowest BCUT2D eigenvalue weighted by Crippen LogP contribution is -2.50. The fourth-order valence-electron chi connectivity index (χ4n) is 3.26. The number of guanidine groups is 1. The SMILES string of the molecule is CCNC(=NCCCn1cccn1)N1CC(C)OC(c2ccc(F)cc2)C1.I. The molecule has 8 heteroatoms. The molecule has 2 heterocycles. The molecular formula is C20H29FIN5O. The van der Waals surface area contributed by atoms with Crippen LogP contribution < -0.4 is 5.32 Å². The van der Waals surface area contributed by atoms with Crippen LogP contribution in [-0.4, -0.2) is 52.9 Å². The van der Waals surface area contributed by atoms with E-state index in [0.717, 1.165) is 44.1 Å². The minimum absolute atomic E-state index is 0. The van der Waals surface area contributed by atoms with Gasteiger partial charge in [-0.05, 0) is 44.0 Å². The first-order valence-corrected chi connectivity index (χ1v) is 9.57. The van der Waals surface area contributed by atoms with Gasteiger partial charge in [-0.15, -0.1) is 24.0 Å². The van der Waals surface area contributed by atoms with Crippen LogP contribution in [0.3, 0.4) is 0 Å². The van der Waals surface area contributed by atoms with E-state index >= 15 is 0 Å². The van der Waals surface area contributed by atoms with Crippen molar-refractivity contribution in [3.8, 4) is 0 Å². The number of hydrogen-bond donors (Lipinski definition) is 1. The smallest absolute Gasteiger partial charge is 0.194 e. The zero-order valence-electron chi connectivity index (χ0n) is 16.4. The van der Waals surface area contributed by atoms with Gasteiger partial charge in [0, 0.05) is 38.6 Å². The van der Waals surface area contributed by atoms with E-state index in [2.05, 4.69) is 29.2 Å². The lowest BCUT2D eigenvalue weighted by Gasteiger charge is -2.38. The fourth-order valence-corrected chi connectivity index (χ4v) is 3.26. The van der Waals surface area contributed by atoms with E-state index in [1.54, 1.807) is 18.3 Å². The topological polar surface area (TPSA) is 54.7 Å². The van der Waals surface area contributed by atoms with Gasteiger partial charge >= 0.3 is 0 Å². The van der Waals surface area contributed by atoms with Crippen molar-refractivity contribution in [1.29, 1.82) is 0 Å². The number of aromatic nitrogens is 2. The summed E-state index contributed by atoms with van der Waals surface area (Å²) in [5, 5.41) is 7.60. The van der Waals surface area contributed by atoms with Gasteiger partial charge < -0.3 is 15.0 Å². The highest BCUT2D eigenvalue weighted by molar-refractivity contribution is 14.0. The summed E-state index contributed by atoms with van der Waals surface area (Å²) >= 11 is 0. The molecule has 28 heavy (non-hydrogen) atoms. The second-order valence-corrected chi connectivity index (χ2v) is 6.75. The van der Waals surface area contributed by atoms with E-state index in [4.69, 9.17) is 9.73 Å². The molecule has 0 spiro atoms. The first-order valence-electron chi connectivity index (χ1n) is 9.57. The minimum atomic E-state index is -0.230. The van der Waals surface area contributed by atoms with Crippen molar-refractivity contribution in [2.75, 3.05) is 26.2 Å². The summed E-state index contributed by atoms with van der Waals surface area (Å²) in [6.07, 6.45) is 4.66. The van der Waals surface area contributed by atoms with Crippen LogP contribution in [0, 0.1) is 5.82 Å². The number of rotatable bonds is 6. The summed E-state index contributed by atoms with van der Waals surface area (Å²) in [6, 6.07) is 8.49. The first-order chi connectivity index (χ1) is 13.2. The Morgan fingerprint density at radius 1 is 1.32 bits per heavy atom. The summed E-state index contributed by atoms with van der Waals surface area (Å²) in [7, 11) is 0. The van der Waals surface area contributed by atoms with E-state index in [-0.39, 0.29) is 42.0 Å². The van der Waals surface area contributed by atoms with Gasteiger partial charge in [0.05, 0.1) is 12.6 Å². The fraction of sp³-hybridized carbons (Fsp3) is 0.500. The van der Waals surface area contributed by atoms with Crippen LogP contribution in [0.25, 0.3) is 0 Å². The Bertz CT molecular complexity index is 723. The zero-order valence-corrected chi connectivity index (χ0v) is 18.8. The molecule has 0 radical (unpaired) electrons. The molecule has 6 nitrogen and oxygen atoms in total. The number of nitrogens with one attached hydrogen (secondary N) is 1. The molecule has 1 aromatic carbocycles.